The Kier molecular flexibility index (Phi) is 16.3. The summed E-state index contributed by atoms with van der Waals surface area (Å²) in [4.78, 5) is 9.74. The molecule has 6 heteroatoms. The van der Waals surface area contributed by atoms with Gasteiger partial charge in [0.25, 0.3) is 0 Å². The maximum atomic E-state index is 4.70. The van der Waals surface area contributed by atoms with E-state index in [0.717, 1.165) is 45.2 Å². The lowest BCUT2D eigenvalue weighted by molar-refractivity contribution is 0.232. The van der Waals surface area contributed by atoms with E-state index in [-0.39, 0.29) is 24.0 Å². The number of hydrogen-bond acceptors (Lipinski definition) is 3. The first-order valence-electron chi connectivity index (χ1n) is 9.77. The zero-order valence-corrected chi connectivity index (χ0v) is 18.5. The molecule has 0 aliphatic carbocycles. The van der Waals surface area contributed by atoms with Gasteiger partial charge in [0.15, 0.2) is 5.96 Å². The summed E-state index contributed by atoms with van der Waals surface area (Å²) in [6.07, 6.45) is 6.53. The molecule has 0 saturated carbocycles. The summed E-state index contributed by atoms with van der Waals surface area (Å²) in [6, 6.07) is 0. The maximum Gasteiger partial charge on any atom is 0.191 e. The lowest BCUT2D eigenvalue weighted by Gasteiger charge is -2.26. The molecule has 0 amide bonds. The van der Waals surface area contributed by atoms with Crippen LogP contribution in [0.25, 0.3) is 0 Å². The molecule has 0 spiro atoms. The molecule has 0 radical (unpaired) electrons. The summed E-state index contributed by atoms with van der Waals surface area (Å²) < 4.78 is 0. The van der Waals surface area contributed by atoms with Gasteiger partial charge >= 0.3 is 0 Å². The van der Waals surface area contributed by atoms with Crippen LogP contribution in [0.3, 0.4) is 0 Å². The highest BCUT2D eigenvalue weighted by molar-refractivity contribution is 14.0. The molecule has 0 aromatic carbocycles. The fourth-order valence-electron chi connectivity index (χ4n) is 3.04. The van der Waals surface area contributed by atoms with E-state index in [2.05, 4.69) is 41.2 Å². The first-order chi connectivity index (χ1) is 11.3. The van der Waals surface area contributed by atoms with Gasteiger partial charge in [-0.2, -0.15) is 0 Å². The van der Waals surface area contributed by atoms with Gasteiger partial charge in [0.05, 0.1) is 0 Å². The van der Waals surface area contributed by atoms with Crippen molar-refractivity contribution >= 4 is 29.9 Å². The van der Waals surface area contributed by atoms with Crippen molar-refractivity contribution in [2.45, 2.75) is 52.9 Å². The van der Waals surface area contributed by atoms with Crippen LogP contribution in [0.5, 0.6) is 0 Å². The van der Waals surface area contributed by atoms with Crippen LogP contribution in [0.4, 0.5) is 0 Å². The molecule has 1 aliphatic heterocycles. The molecule has 0 unspecified atom stereocenters. The zero-order chi connectivity index (χ0) is 16.8. The summed E-state index contributed by atoms with van der Waals surface area (Å²) in [5, 5.41) is 6.83. The zero-order valence-electron chi connectivity index (χ0n) is 16.1. The third kappa shape index (κ3) is 11.5. The molecular weight excluding hydrogens is 413 g/mol. The van der Waals surface area contributed by atoms with Crippen LogP contribution in [-0.4, -0.2) is 74.7 Å². The van der Waals surface area contributed by atoms with Gasteiger partial charge in [-0.25, -0.2) is 0 Å². The smallest absolute Gasteiger partial charge is 0.191 e. The van der Waals surface area contributed by atoms with Gasteiger partial charge < -0.3 is 20.4 Å². The van der Waals surface area contributed by atoms with Gasteiger partial charge in [-0.15, -0.1) is 24.0 Å². The summed E-state index contributed by atoms with van der Waals surface area (Å²) in [5.74, 6) is 0.979. The molecule has 1 rings (SSSR count). The number of nitrogens with one attached hydrogen (secondary N) is 2. The summed E-state index contributed by atoms with van der Waals surface area (Å²) in [6.45, 7) is 16.6. The Hall–Kier alpha value is -0.0800. The predicted molar refractivity (Wildman–Crippen MR) is 117 cm³/mol. The minimum Gasteiger partial charge on any atom is -0.357 e. The van der Waals surface area contributed by atoms with E-state index in [0.29, 0.717) is 0 Å². The first-order valence-corrected chi connectivity index (χ1v) is 9.77. The maximum absolute atomic E-state index is 4.70. The largest absolute Gasteiger partial charge is 0.357 e. The van der Waals surface area contributed by atoms with Crippen LogP contribution in [0, 0.1) is 0 Å². The first kappa shape index (κ1) is 23.9. The molecule has 144 valence electrons. The quantitative estimate of drug-likeness (QED) is 0.219. The third-order valence-corrected chi connectivity index (χ3v) is 4.56. The van der Waals surface area contributed by atoms with E-state index in [4.69, 9.17) is 4.99 Å². The van der Waals surface area contributed by atoms with E-state index < -0.39 is 0 Å². The topological polar surface area (TPSA) is 42.9 Å². The second kappa shape index (κ2) is 16.4. The van der Waals surface area contributed by atoms with Gasteiger partial charge in [0.1, 0.15) is 0 Å². The van der Waals surface area contributed by atoms with Crippen LogP contribution in [0.15, 0.2) is 4.99 Å². The van der Waals surface area contributed by atoms with Gasteiger partial charge in [0, 0.05) is 26.2 Å². The van der Waals surface area contributed by atoms with Crippen molar-refractivity contribution in [2.75, 3.05) is 58.9 Å². The second-order valence-corrected chi connectivity index (χ2v) is 6.32. The molecule has 2 N–H and O–H groups in total. The number of piperidine rings is 1. The predicted octanol–water partition coefficient (Wildman–Crippen LogP) is 2.77. The number of unbranched alkanes of at least 4 members (excludes halogenated alkanes) is 1. The lowest BCUT2D eigenvalue weighted by Crippen LogP contribution is -2.42. The van der Waals surface area contributed by atoms with Crippen LogP contribution in [0.1, 0.15) is 52.9 Å². The van der Waals surface area contributed by atoms with Crippen molar-refractivity contribution < 1.29 is 0 Å². The minimum atomic E-state index is 0. The number of hydrogen-bond donors (Lipinski definition) is 2. The Balaban J connectivity index is 0.00000529. The van der Waals surface area contributed by atoms with E-state index >= 15 is 0 Å². The highest BCUT2D eigenvalue weighted by Crippen LogP contribution is 2.07. The van der Waals surface area contributed by atoms with Gasteiger partial charge in [0.2, 0.25) is 0 Å². The van der Waals surface area contributed by atoms with Crippen LogP contribution < -0.4 is 10.6 Å². The van der Waals surface area contributed by atoms with Crippen molar-refractivity contribution in [3.05, 3.63) is 0 Å². The molecule has 1 heterocycles. The van der Waals surface area contributed by atoms with Gasteiger partial charge in [-0.3, -0.25) is 4.99 Å². The fraction of sp³-hybridized carbons (Fsp3) is 0.944. The van der Waals surface area contributed by atoms with Crippen molar-refractivity contribution in [1.82, 2.24) is 20.4 Å². The van der Waals surface area contributed by atoms with Gasteiger partial charge in [-0.1, -0.05) is 20.3 Å². The average molecular weight is 453 g/mol. The molecule has 24 heavy (non-hydrogen) atoms. The summed E-state index contributed by atoms with van der Waals surface area (Å²) in [5.41, 5.74) is 0. The molecule has 0 atom stereocenters. The molecular formula is C18H40IN5. The molecule has 5 nitrogen and oxygen atoms in total. The van der Waals surface area contributed by atoms with Gasteiger partial charge in [-0.05, 0) is 65.3 Å². The molecule has 0 aromatic rings. The molecule has 1 saturated heterocycles. The van der Waals surface area contributed by atoms with E-state index in [9.17, 15) is 0 Å². The molecule has 0 bridgehead atoms. The van der Waals surface area contributed by atoms with Crippen LogP contribution in [-0.2, 0) is 0 Å². The number of nitrogens with zero attached hydrogens (tertiary/aromatic N) is 3. The number of halogens is 1. The molecule has 1 fully saturated rings. The second-order valence-electron chi connectivity index (χ2n) is 6.32. The Bertz CT molecular complexity index is 302. The SMILES string of the molecule is CCNC(=NCCCCN(CC)CC)NCCN1CCCCC1.I. The normalized spacial score (nSPS) is 16.1. The van der Waals surface area contributed by atoms with Crippen LogP contribution >= 0.6 is 24.0 Å². The van der Waals surface area contributed by atoms with Crippen molar-refractivity contribution in [3.8, 4) is 0 Å². The lowest BCUT2D eigenvalue weighted by atomic mass is 10.1. The number of likely N-dealkylation sites (tertiary alicyclic amines) is 1. The Morgan fingerprint density at radius 3 is 2.33 bits per heavy atom. The van der Waals surface area contributed by atoms with E-state index in [1.165, 1.54) is 51.7 Å². The number of aliphatic imine (C=N–C) groups is 1. The minimum absolute atomic E-state index is 0. The third-order valence-electron chi connectivity index (χ3n) is 4.56. The highest BCUT2D eigenvalue weighted by Gasteiger charge is 2.09. The number of rotatable bonds is 11. The molecule has 1 aliphatic rings. The number of guanidine groups is 1. The van der Waals surface area contributed by atoms with E-state index in [1.54, 1.807) is 0 Å². The standard InChI is InChI=1S/C18H39N5.HI/c1-4-19-18(20-12-8-11-14-22(5-2)6-3)21-13-17-23-15-9-7-10-16-23;/h4-17H2,1-3H3,(H2,19,20,21);1H. The van der Waals surface area contributed by atoms with Crippen molar-refractivity contribution in [1.29, 1.82) is 0 Å². The fourth-order valence-corrected chi connectivity index (χ4v) is 3.04. The van der Waals surface area contributed by atoms with Crippen molar-refractivity contribution in [2.24, 2.45) is 4.99 Å². The van der Waals surface area contributed by atoms with Crippen LogP contribution in [0.2, 0.25) is 0 Å². The van der Waals surface area contributed by atoms with E-state index in [1.807, 2.05) is 0 Å². The Morgan fingerprint density at radius 2 is 1.71 bits per heavy atom. The average Bonchev–Trinajstić information content (AvgIpc) is 2.59. The highest BCUT2D eigenvalue weighted by atomic mass is 127. The summed E-state index contributed by atoms with van der Waals surface area (Å²) >= 11 is 0. The monoisotopic (exact) mass is 453 g/mol. The van der Waals surface area contributed by atoms with Crippen molar-refractivity contribution in [3.63, 3.8) is 0 Å². The Labute approximate surface area is 167 Å². The molecule has 0 aromatic heterocycles. The summed E-state index contributed by atoms with van der Waals surface area (Å²) in [7, 11) is 0. The Morgan fingerprint density at radius 1 is 1.00 bits per heavy atom.